The lowest BCUT2D eigenvalue weighted by atomic mass is 10.0. The molecule has 6 heteroatoms. The number of amides is 1. The Hall–Kier alpha value is -1.14. The van der Waals surface area contributed by atoms with E-state index in [4.69, 9.17) is 16.3 Å². The molecule has 2 aliphatic heterocycles. The second kappa shape index (κ2) is 7.42. The minimum atomic E-state index is 0.146. The molecule has 2 saturated heterocycles. The van der Waals surface area contributed by atoms with E-state index in [0.717, 1.165) is 30.2 Å². The van der Waals surface area contributed by atoms with E-state index in [0.29, 0.717) is 32.8 Å². The number of hydrogen-bond donors (Lipinski definition) is 1. The van der Waals surface area contributed by atoms with Gasteiger partial charge in [0.2, 0.25) is 5.91 Å². The summed E-state index contributed by atoms with van der Waals surface area (Å²) < 4.78 is 5.31. The summed E-state index contributed by atoms with van der Waals surface area (Å²) >= 11 is 6.34. The van der Waals surface area contributed by atoms with Gasteiger partial charge in [-0.3, -0.25) is 9.69 Å². The number of nitrogens with zero attached hydrogens (tertiary/aromatic N) is 2. The molecule has 2 heterocycles. The van der Waals surface area contributed by atoms with E-state index < -0.39 is 0 Å². The van der Waals surface area contributed by atoms with Crippen LogP contribution >= 0.6 is 11.6 Å². The van der Waals surface area contributed by atoms with Crippen molar-refractivity contribution in [2.75, 3.05) is 52.5 Å². The molecule has 0 aliphatic carbocycles. The largest absolute Gasteiger partial charge is 0.378 e. The summed E-state index contributed by atoms with van der Waals surface area (Å²) in [5.41, 5.74) is 1.09. The second-order valence-corrected chi connectivity index (χ2v) is 6.11. The van der Waals surface area contributed by atoms with Crippen LogP contribution in [0.5, 0.6) is 0 Å². The van der Waals surface area contributed by atoms with Crippen LogP contribution in [0.2, 0.25) is 5.02 Å². The van der Waals surface area contributed by atoms with Gasteiger partial charge in [0.05, 0.1) is 19.8 Å². The molecule has 1 aromatic carbocycles. The Morgan fingerprint density at radius 1 is 1.27 bits per heavy atom. The van der Waals surface area contributed by atoms with Gasteiger partial charge in [-0.2, -0.15) is 0 Å². The summed E-state index contributed by atoms with van der Waals surface area (Å²) in [6, 6.07) is 8.04. The monoisotopic (exact) mass is 323 g/mol. The van der Waals surface area contributed by atoms with Crippen molar-refractivity contribution in [2.24, 2.45) is 0 Å². The van der Waals surface area contributed by atoms with E-state index in [1.165, 1.54) is 0 Å². The lowest BCUT2D eigenvalue weighted by molar-refractivity contribution is -0.137. The van der Waals surface area contributed by atoms with E-state index in [9.17, 15) is 4.79 Å². The topological polar surface area (TPSA) is 44.8 Å². The number of ether oxygens (including phenoxy) is 1. The minimum absolute atomic E-state index is 0.146. The maximum Gasteiger partial charge on any atom is 0.236 e. The Morgan fingerprint density at radius 2 is 2.05 bits per heavy atom. The Kier molecular flexibility index (Phi) is 5.31. The molecule has 1 amide bonds. The van der Waals surface area contributed by atoms with Crippen molar-refractivity contribution < 1.29 is 9.53 Å². The highest BCUT2D eigenvalue weighted by Gasteiger charge is 2.28. The molecule has 22 heavy (non-hydrogen) atoms. The number of piperazine rings is 1. The third-order valence-corrected chi connectivity index (χ3v) is 4.66. The summed E-state index contributed by atoms with van der Waals surface area (Å²) in [7, 11) is 0. The fourth-order valence-corrected chi connectivity index (χ4v) is 3.34. The average Bonchev–Trinajstić information content (AvgIpc) is 2.57. The second-order valence-electron chi connectivity index (χ2n) is 5.71. The maximum atomic E-state index is 12.5. The van der Waals surface area contributed by atoms with Gasteiger partial charge in [-0.1, -0.05) is 29.8 Å². The summed E-state index contributed by atoms with van der Waals surface area (Å²) in [6.07, 6.45) is 0. The van der Waals surface area contributed by atoms with E-state index in [1.54, 1.807) is 0 Å². The molecule has 1 N–H and O–H groups in total. The van der Waals surface area contributed by atoms with Crippen molar-refractivity contribution in [3.8, 4) is 0 Å². The Bertz CT molecular complexity index is 520. The molecule has 1 atom stereocenters. The van der Waals surface area contributed by atoms with Gasteiger partial charge in [0.1, 0.15) is 0 Å². The lowest BCUT2D eigenvalue weighted by Crippen LogP contribution is -2.51. The van der Waals surface area contributed by atoms with Gasteiger partial charge in [0.25, 0.3) is 0 Å². The molecule has 120 valence electrons. The predicted octanol–water partition coefficient (Wildman–Crippen LogP) is 1.15. The van der Waals surface area contributed by atoms with E-state index >= 15 is 0 Å². The Balaban J connectivity index is 1.70. The maximum absolute atomic E-state index is 12.5. The predicted molar refractivity (Wildman–Crippen MR) is 86.0 cm³/mol. The minimum Gasteiger partial charge on any atom is -0.378 e. The fraction of sp³-hybridized carbons (Fsp3) is 0.562. The fourth-order valence-electron chi connectivity index (χ4n) is 3.07. The van der Waals surface area contributed by atoms with Gasteiger partial charge in [-0.05, 0) is 11.6 Å². The van der Waals surface area contributed by atoms with Gasteiger partial charge in [-0.15, -0.1) is 0 Å². The van der Waals surface area contributed by atoms with Crippen LogP contribution in [0.25, 0.3) is 0 Å². The first-order valence-corrected chi connectivity index (χ1v) is 8.18. The van der Waals surface area contributed by atoms with E-state index in [1.807, 2.05) is 29.2 Å². The van der Waals surface area contributed by atoms with Crippen LogP contribution in [0, 0.1) is 0 Å². The molecule has 0 bridgehead atoms. The van der Waals surface area contributed by atoms with Crippen LogP contribution in [-0.4, -0.2) is 68.2 Å². The average molecular weight is 324 g/mol. The van der Waals surface area contributed by atoms with Gasteiger partial charge in [0, 0.05) is 43.8 Å². The number of carbonyl (C=O) groups excluding carboxylic acids is 1. The molecule has 1 unspecified atom stereocenters. The summed E-state index contributed by atoms with van der Waals surface area (Å²) in [4.78, 5) is 16.6. The Morgan fingerprint density at radius 3 is 2.82 bits per heavy atom. The highest BCUT2D eigenvalue weighted by Crippen LogP contribution is 2.28. The van der Waals surface area contributed by atoms with Crippen molar-refractivity contribution in [1.29, 1.82) is 0 Å². The zero-order valence-electron chi connectivity index (χ0n) is 12.6. The molecule has 1 aromatic rings. The third kappa shape index (κ3) is 3.60. The first kappa shape index (κ1) is 15.7. The van der Waals surface area contributed by atoms with Crippen molar-refractivity contribution in [1.82, 2.24) is 15.1 Å². The number of halogens is 1. The number of nitrogens with one attached hydrogen (secondary N) is 1. The van der Waals surface area contributed by atoms with Crippen LogP contribution in [0.1, 0.15) is 11.6 Å². The van der Waals surface area contributed by atoms with Crippen LogP contribution < -0.4 is 5.32 Å². The standard InChI is InChI=1S/C16H22ClN3O2/c17-14-4-2-1-3-13(14)15-11-18-5-6-20(15)12-16(21)19-7-9-22-10-8-19/h1-4,15,18H,5-12H2. The molecule has 5 nitrogen and oxygen atoms in total. The quantitative estimate of drug-likeness (QED) is 0.906. The number of rotatable bonds is 3. The summed E-state index contributed by atoms with van der Waals surface area (Å²) in [5.74, 6) is 0.183. The number of carbonyl (C=O) groups is 1. The summed E-state index contributed by atoms with van der Waals surface area (Å²) in [6.45, 7) is 5.69. The molecule has 0 aromatic heterocycles. The van der Waals surface area contributed by atoms with Gasteiger partial charge in [-0.25, -0.2) is 0 Å². The van der Waals surface area contributed by atoms with Crippen LogP contribution in [0.3, 0.4) is 0 Å². The number of morpholine rings is 1. The zero-order valence-corrected chi connectivity index (χ0v) is 13.4. The smallest absolute Gasteiger partial charge is 0.236 e. The Labute approximate surface area is 136 Å². The molecule has 0 radical (unpaired) electrons. The highest BCUT2D eigenvalue weighted by molar-refractivity contribution is 6.31. The third-order valence-electron chi connectivity index (χ3n) is 4.32. The molecule has 0 saturated carbocycles. The number of benzene rings is 1. The zero-order chi connectivity index (χ0) is 15.4. The van der Waals surface area contributed by atoms with Crippen molar-refractivity contribution in [3.05, 3.63) is 34.9 Å². The molecular formula is C16H22ClN3O2. The normalized spacial score (nSPS) is 23.5. The first-order valence-electron chi connectivity index (χ1n) is 7.80. The number of hydrogen-bond acceptors (Lipinski definition) is 4. The SMILES string of the molecule is O=C(CN1CCNCC1c1ccccc1Cl)N1CCOCC1. The molecule has 2 aliphatic rings. The highest BCUT2D eigenvalue weighted by atomic mass is 35.5. The van der Waals surface area contributed by atoms with E-state index in [-0.39, 0.29) is 11.9 Å². The molecule has 0 spiro atoms. The van der Waals surface area contributed by atoms with Gasteiger partial charge >= 0.3 is 0 Å². The molecule has 2 fully saturated rings. The van der Waals surface area contributed by atoms with Crippen LogP contribution in [-0.2, 0) is 9.53 Å². The lowest BCUT2D eigenvalue weighted by Gasteiger charge is -2.38. The van der Waals surface area contributed by atoms with E-state index in [2.05, 4.69) is 10.2 Å². The van der Waals surface area contributed by atoms with Crippen molar-refractivity contribution in [2.45, 2.75) is 6.04 Å². The van der Waals surface area contributed by atoms with Crippen molar-refractivity contribution >= 4 is 17.5 Å². The first-order chi connectivity index (χ1) is 10.8. The van der Waals surface area contributed by atoms with Gasteiger partial charge < -0.3 is 15.0 Å². The molecule has 3 rings (SSSR count). The van der Waals surface area contributed by atoms with Crippen LogP contribution in [0.4, 0.5) is 0 Å². The summed E-state index contributed by atoms with van der Waals surface area (Å²) in [5, 5.41) is 4.16. The van der Waals surface area contributed by atoms with Crippen molar-refractivity contribution in [3.63, 3.8) is 0 Å². The van der Waals surface area contributed by atoms with Crippen LogP contribution in [0.15, 0.2) is 24.3 Å². The molecular weight excluding hydrogens is 302 g/mol. The van der Waals surface area contributed by atoms with Gasteiger partial charge in [0.15, 0.2) is 0 Å².